The second kappa shape index (κ2) is 5.81. The van der Waals surface area contributed by atoms with E-state index in [0.29, 0.717) is 10.6 Å². The van der Waals surface area contributed by atoms with Crippen LogP contribution in [0.1, 0.15) is 4.88 Å². The molecule has 20 heavy (non-hydrogen) atoms. The summed E-state index contributed by atoms with van der Waals surface area (Å²) in [6, 6.07) is 6.01. The molecule has 0 fully saturated rings. The number of nitrogens with zero attached hydrogens (tertiary/aromatic N) is 1. The Morgan fingerprint density at radius 2 is 2.00 bits per heavy atom. The van der Waals surface area contributed by atoms with E-state index in [-0.39, 0.29) is 15.6 Å². The topological polar surface area (TPSA) is 99.6 Å². The smallest absolute Gasteiger partial charge is 0.307 e. The molecule has 2 aromatic rings. The number of benzene rings is 1. The predicted molar refractivity (Wildman–Crippen MR) is 81.0 cm³/mol. The molecule has 0 saturated heterocycles. The van der Waals surface area contributed by atoms with Crippen LogP contribution in [0.3, 0.4) is 0 Å². The molecule has 6 nitrogen and oxygen atoms in total. The molecule has 0 saturated carbocycles. The molecule has 0 aliphatic carbocycles. The fraction of sp³-hybridized carbons (Fsp3) is 0.0909. The molecule has 9 heteroatoms. The largest absolute Gasteiger partial charge is 0.493 e. The second-order valence-electron chi connectivity index (χ2n) is 3.60. The van der Waals surface area contributed by atoms with Gasteiger partial charge in [-0.25, -0.2) is 8.42 Å². The van der Waals surface area contributed by atoms with Crippen LogP contribution in [0.25, 0.3) is 0 Å². The SMILES string of the molecule is CSS(=O)(=O)c1ccc(N=Cc2sc(=O)[nH]c2O)cc1. The van der Waals surface area contributed by atoms with Crippen molar-refractivity contribution in [1.29, 1.82) is 0 Å². The number of aromatic hydroxyl groups is 1. The molecule has 1 aromatic carbocycles. The molecule has 0 bridgehead atoms. The lowest BCUT2D eigenvalue weighted by atomic mass is 10.3. The van der Waals surface area contributed by atoms with Gasteiger partial charge < -0.3 is 5.11 Å². The molecule has 1 aromatic heterocycles. The molecule has 0 atom stereocenters. The summed E-state index contributed by atoms with van der Waals surface area (Å²) in [5, 5.41) is 9.37. The fourth-order valence-corrected chi connectivity index (χ4v) is 3.52. The first-order chi connectivity index (χ1) is 9.42. The van der Waals surface area contributed by atoms with Crippen molar-refractivity contribution in [2.75, 3.05) is 6.26 Å². The summed E-state index contributed by atoms with van der Waals surface area (Å²) in [5.41, 5.74) is 0.519. The van der Waals surface area contributed by atoms with Crippen LogP contribution in [-0.4, -0.2) is 31.0 Å². The van der Waals surface area contributed by atoms with Crippen molar-refractivity contribution in [3.8, 4) is 5.88 Å². The van der Waals surface area contributed by atoms with E-state index in [1.165, 1.54) is 24.6 Å². The van der Waals surface area contributed by atoms with E-state index in [4.69, 9.17) is 0 Å². The Kier molecular flexibility index (Phi) is 4.31. The number of thiazole rings is 1. The molecule has 1 heterocycles. The van der Waals surface area contributed by atoms with E-state index < -0.39 is 8.87 Å². The Morgan fingerprint density at radius 3 is 2.50 bits per heavy atom. The number of aromatic amines is 1. The van der Waals surface area contributed by atoms with Gasteiger partial charge in [0, 0.05) is 0 Å². The van der Waals surface area contributed by atoms with Gasteiger partial charge >= 0.3 is 4.87 Å². The lowest BCUT2D eigenvalue weighted by Gasteiger charge is -2.00. The molecule has 2 N–H and O–H groups in total. The highest BCUT2D eigenvalue weighted by molar-refractivity contribution is 8.71. The van der Waals surface area contributed by atoms with Crippen molar-refractivity contribution in [2.45, 2.75) is 4.90 Å². The minimum absolute atomic E-state index is 0.207. The van der Waals surface area contributed by atoms with E-state index in [1.807, 2.05) is 0 Å². The number of rotatable bonds is 4. The Balaban J connectivity index is 2.24. The van der Waals surface area contributed by atoms with Crippen LogP contribution < -0.4 is 4.87 Å². The minimum Gasteiger partial charge on any atom is -0.493 e. The molecule has 0 aliphatic heterocycles. The number of hydrogen-bond acceptors (Lipinski definition) is 7. The second-order valence-corrected chi connectivity index (χ2v) is 8.64. The number of aliphatic imine (C=N–C) groups is 1. The number of hydrogen-bond donors (Lipinski definition) is 2. The van der Waals surface area contributed by atoms with E-state index >= 15 is 0 Å². The zero-order valence-electron chi connectivity index (χ0n) is 10.2. The number of nitrogens with one attached hydrogen (secondary N) is 1. The van der Waals surface area contributed by atoms with Gasteiger partial charge in [-0.3, -0.25) is 14.8 Å². The molecule has 2 rings (SSSR count). The average Bonchev–Trinajstić information content (AvgIpc) is 2.75. The van der Waals surface area contributed by atoms with Gasteiger partial charge in [-0.05, 0) is 41.3 Å². The third-order valence-corrected chi connectivity index (χ3v) is 6.32. The molecule has 106 valence electrons. The first kappa shape index (κ1) is 14.8. The monoisotopic (exact) mass is 330 g/mol. The van der Waals surface area contributed by atoms with E-state index in [9.17, 15) is 18.3 Å². The van der Waals surface area contributed by atoms with Crippen LogP contribution in [0.4, 0.5) is 5.69 Å². The maximum absolute atomic E-state index is 11.6. The van der Waals surface area contributed by atoms with Gasteiger partial charge in [0.2, 0.25) is 14.7 Å². The quantitative estimate of drug-likeness (QED) is 0.659. The Hall–Kier alpha value is -1.58. The van der Waals surface area contributed by atoms with E-state index in [1.54, 1.807) is 12.1 Å². The lowest BCUT2D eigenvalue weighted by Crippen LogP contribution is -1.92. The summed E-state index contributed by atoms with van der Waals surface area (Å²) in [6.45, 7) is 0. The average molecular weight is 330 g/mol. The summed E-state index contributed by atoms with van der Waals surface area (Å²) in [4.78, 5) is 17.4. The minimum atomic E-state index is -3.30. The lowest BCUT2D eigenvalue weighted by molar-refractivity contribution is 0.455. The molecular weight excluding hydrogens is 320 g/mol. The summed E-state index contributed by atoms with van der Waals surface area (Å²) >= 11 is 0.835. The van der Waals surface area contributed by atoms with Crippen molar-refractivity contribution < 1.29 is 13.5 Å². The van der Waals surface area contributed by atoms with Gasteiger partial charge in [-0.15, -0.1) is 0 Å². The Labute approximate surface area is 122 Å². The Morgan fingerprint density at radius 1 is 1.35 bits per heavy atom. The van der Waals surface area contributed by atoms with Gasteiger partial charge in [-0.2, -0.15) is 0 Å². The predicted octanol–water partition coefficient (Wildman–Crippen LogP) is 1.94. The van der Waals surface area contributed by atoms with Crippen molar-refractivity contribution in [2.24, 2.45) is 4.99 Å². The Bertz CT molecular complexity index is 788. The van der Waals surface area contributed by atoms with Crippen LogP contribution in [-0.2, 0) is 8.87 Å². The molecular formula is C11H10N2O4S3. The van der Waals surface area contributed by atoms with Crippen molar-refractivity contribution in [3.63, 3.8) is 0 Å². The van der Waals surface area contributed by atoms with E-state index in [0.717, 1.165) is 22.1 Å². The highest BCUT2D eigenvalue weighted by Crippen LogP contribution is 2.23. The zero-order chi connectivity index (χ0) is 14.8. The molecule has 0 spiro atoms. The van der Waals surface area contributed by atoms with Crippen LogP contribution in [0, 0.1) is 0 Å². The highest BCUT2D eigenvalue weighted by atomic mass is 33.1. The van der Waals surface area contributed by atoms with Crippen LogP contribution in [0.5, 0.6) is 5.88 Å². The van der Waals surface area contributed by atoms with Crippen molar-refractivity contribution >= 4 is 42.9 Å². The third kappa shape index (κ3) is 3.30. The zero-order valence-corrected chi connectivity index (χ0v) is 12.7. The highest BCUT2D eigenvalue weighted by Gasteiger charge is 2.11. The van der Waals surface area contributed by atoms with Crippen molar-refractivity contribution in [3.05, 3.63) is 38.8 Å². The summed E-state index contributed by atoms with van der Waals surface area (Å²) in [5.74, 6) is -0.231. The molecule has 0 unspecified atom stereocenters. The summed E-state index contributed by atoms with van der Waals surface area (Å²) < 4.78 is 23.2. The van der Waals surface area contributed by atoms with Gasteiger partial charge in [0.25, 0.3) is 0 Å². The van der Waals surface area contributed by atoms with Gasteiger partial charge in [0.05, 0.1) is 16.8 Å². The maximum atomic E-state index is 11.6. The van der Waals surface area contributed by atoms with Gasteiger partial charge in [-0.1, -0.05) is 11.3 Å². The maximum Gasteiger partial charge on any atom is 0.307 e. The first-order valence-electron chi connectivity index (χ1n) is 5.29. The third-order valence-electron chi connectivity index (χ3n) is 2.33. The normalized spacial score (nSPS) is 12.1. The van der Waals surface area contributed by atoms with Gasteiger partial charge in [0.15, 0.2) is 0 Å². The van der Waals surface area contributed by atoms with E-state index in [2.05, 4.69) is 9.98 Å². The number of H-pyrrole nitrogens is 1. The number of aromatic nitrogens is 1. The van der Waals surface area contributed by atoms with Crippen LogP contribution >= 0.6 is 22.1 Å². The standard InChI is InChI=1S/C11H10N2O4S3/c1-18-20(16,17)8-4-2-7(3-5-8)12-6-9-10(14)13-11(15)19-9/h2-6,14H,1H3,(H,13,15). The van der Waals surface area contributed by atoms with Crippen LogP contribution in [0.15, 0.2) is 38.9 Å². The fourth-order valence-electron chi connectivity index (χ4n) is 1.35. The van der Waals surface area contributed by atoms with Crippen molar-refractivity contribution in [1.82, 2.24) is 4.98 Å². The van der Waals surface area contributed by atoms with Gasteiger partial charge in [0.1, 0.15) is 4.88 Å². The van der Waals surface area contributed by atoms with Crippen LogP contribution in [0.2, 0.25) is 0 Å². The molecule has 0 radical (unpaired) electrons. The molecule has 0 aliphatic rings. The molecule has 0 amide bonds. The summed E-state index contributed by atoms with van der Waals surface area (Å²) in [7, 11) is -2.54. The summed E-state index contributed by atoms with van der Waals surface area (Å²) in [6.07, 6.45) is 2.84. The first-order valence-corrected chi connectivity index (χ1v) is 9.33.